The number of hydrogen-bond acceptors (Lipinski definition) is 4. The third-order valence-corrected chi connectivity index (χ3v) is 3.52. The second-order valence-electron chi connectivity index (χ2n) is 5.42. The monoisotopic (exact) mass is 279 g/mol. The topological polar surface area (TPSA) is 49.8 Å². The lowest BCUT2D eigenvalue weighted by molar-refractivity contribution is -0.153. The molecule has 0 atom stereocenters. The lowest BCUT2D eigenvalue weighted by Crippen LogP contribution is -2.33. The number of benzene rings is 1. The fourth-order valence-electron chi connectivity index (χ4n) is 1.72. The van der Waals surface area contributed by atoms with Gasteiger partial charge in [0, 0.05) is 12.2 Å². The zero-order chi connectivity index (χ0) is 15.0. The van der Waals surface area contributed by atoms with Gasteiger partial charge in [-0.05, 0) is 32.4 Å². The second-order valence-corrected chi connectivity index (χ2v) is 5.42. The Balaban J connectivity index is 2.51. The van der Waals surface area contributed by atoms with Crippen molar-refractivity contribution in [1.82, 2.24) is 0 Å². The zero-order valence-electron chi connectivity index (χ0n) is 12.6. The van der Waals surface area contributed by atoms with Crippen molar-refractivity contribution in [3.63, 3.8) is 0 Å². The molecular weight excluding hydrogens is 254 g/mol. The summed E-state index contributed by atoms with van der Waals surface area (Å²) in [5.74, 6) is -0.169. The van der Waals surface area contributed by atoms with Crippen LogP contribution < -0.4 is 4.90 Å². The Bertz CT molecular complexity index is 403. The van der Waals surface area contributed by atoms with E-state index in [1.54, 1.807) is 0 Å². The number of ether oxygens (including phenoxy) is 1. The number of anilines is 1. The minimum atomic E-state index is -0.436. The van der Waals surface area contributed by atoms with E-state index in [-0.39, 0.29) is 12.6 Å². The fourth-order valence-corrected chi connectivity index (χ4v) is 1.72. The minimum Gasteiger partial charge on any atom is -0.463 e. The summed E-state index contributed by atoms with van der Waals surface area (Å²) in [5, 5.41) is 9.12. The van der Waals surface area contributed by atoms with Crippen LogP contribution in [-0.4, -0.2) is 37.4 Å². The van der Waals surface area contributed by atoms with Crippen molar-refractivity contribution in [2.45, 2.75) is 27.2 Å². The average molecular weight is 279 g/mol. The van der Waals surface area contributed by atoms with E-state index in [0.29, 0.717) is 19.7 Å². The van der Waals surface area contributed by atoms with E-state index >= 15 is 0 Å². The number of aliphatic hydroxyl groups is 1. The van der Waals surface area contributed by atoms with Crippen LogP contribution in [0.5, 0.6) is 0 Å². The molecule has 0 saturated heterocycles. The first kappa shape index (κ1) is 16.5. The number of para-hydroxylation sites is 1. The molecule has 0 fully saturated rings. The summed E-state index contributed by atoms with van der Waals surface area (Å²) in [6, 6.07) is 9.81. The summed E-state index contributed by atoms with van der Waals surface area (Å²) in [4.78, 5) is 13.9. The summed E-state index contributed by atoms with van der Waals surface area (Å²) in [6.07, 6.45) is 0.755. The van der Waals surface area contributed by atoms with E-state index in [9.17, 15) is 4.79 Å². The SMILES string of the molecule is CCC(C)(C)C(=O)OCCN(CCO)c1ccccc1. The van der Waals surface area contributed by atoms with E-state index in [0.717, 1.165) is 12.1 Å². The molecule has 0 aliphatic rings. The minimum absolute atomic E-state index is 0.0727. The third kappa shape index (κ3) is 4.85. The van der Waals surface area contributed by atoms with Crippen LogP contribution in [0.2, 0.25) is 0 Å². The molecule has 4 heteroatoms. The molecule has 1 N–H and O–H groups in total. The summed E-state index contributed by atoms with van der Waals surface area (Å²) >= 11 is 0. The Hall–Kier alpha value is -1.55. The molecule has 0 aromatic heterocycles. The van der Waals surface area contributed by atoms with Crippen LogP contribution in [-0.2, 0) is 9.53 Å². The Morgan fingerprint density at radius 2 is 1.90 bits per heavy atom. The molecule has 112 valence electrons. The normalized spacial score (nSPS) is 11.2. The predicted octanol–water partition coefficient (Wildman–Crippen LogP) is 2.46. The molecule has 0 bridgehead atoms. The van der Waals surface area contributed by atoms with Gasteiger partial charge in [0.25, 0.3) is 0 Å². The summed E-state index contributed by atoms with van der Waals surface area (Å²) in [5.41, 5.74) is 0.585. The quantitative estimate of drug-likeness (QED) is 0.743. The van der Waals surface area contributed by atoms with Crippen molar-refractivity contribution in [3.05, 3.63) is 30.3 Å². The van der Waals surface area contributed by atoms with E-state index in [4.69, 9.17) is 9.84 Å². The number of carbonyl (C=O) groups excluding carboxylic acids is 1. The highest BCUT2D eigenvalue weighted by atomic mass is 16.5. The molecule has 1 aromatic rings. The molecule has 0 saturated carbocycles. The molecule has 20 heavy (non-hydrogen) atoms. The van der Waals surface area contributed by atoms with Gasteiger partial charge in [-0.1, -0.05) is 25.1 Å². The highest BCUT2D eigenvalue weighted by Gasteiger charge is 2.26. The van der Waals surface area contributed by atoms with E-state index < -0.39 is 5.41 Å². The van der Waals surface area contributed by atoms with Crippen molar-refractivity contribution >= 4 is 11.7 Å². The highest BCUT2D eigenvalue weighted by molar-refractivity contribution is 5.75. The van der Waals surface area contributed by atoms with Gasteiger partial charge in [0.1, 0.15) is 6.61 Å². The van der Waals surface area contributed by atoms with E-state index in [2.05, 4.69) is 0 Å². The molecule has 0 aliphatic heterocycles. The average Bonchev–Trinajstić information content (AvgIpc) is 2.47. The number of esters is 1. The fraction of sp³-hybridized carbons (Fsp3) is 0.562. The largest absolute Gasteiger partial charge is 0.463 e. The maximum atomic E-state index is 11.9. The number of carbonyl (C=O) groups is 1. The Morgan fingerprint density at radius 3 is 2.45 bits per heavy atom. The van der Waals surface area contributed by atoms with Gasteiger partial charge >= 0.3 is 5.97 Å². The van der Waals surface area contributed by atoms with Crippen molar-refractivity contribution in [2.24, 2.45) is 5.41 Å². The first-order valence-corrected chi connectivity index (χ1v) is 7.09. The number of hydrogen-bond donors (Lipinski definition) is 1. The molecule has 0 spiro atoms. The summed E-state index contributed by atoms with van der Waals surface area (Å²) < 4.78 is 5.33. The first-order valence-electron chi connectivity index (χ1n) is 7.09. The van der Waals surface area contributed by atoms with Crippen LogP contribution >= 0.6 is 0 Å². The number of nitrogens with zero attached hydrogens (tertiary/aromatic N) is 1. The van der Waals surface area contributed by atoms with Gasteiger partial charge < -0.3 is 14.7 Å². The number of rotatable bonds is 8. The van der Waals surface area contributed by atoms with Gasteiger partial charge in [0.05, 0.1) is 18.6 Å². The maximum absolute atomic E-state index is 11.9. The predicted molar refractivity (Wildman–Crippen MR) is 80.8 cm³/mol. The van der Waals surface area contributed by atoms with Crippen molar-refractivity contribution in [3.8, 4) is 0 Å². The molecular formula is C16H25NO3. The zero-order valence-corrected chi connectivity index (χ0v) is 12.6. The molecule has 0 unspecified atom stereocenters. The van der Waals surface area contributed by atoms with Crippen LogP contribution in [0.1, 0.15) is 27.2 Å². The lowest BCUT2D eigenvalue weighted by atomic mass is 9.91. The summed E-state index contributed by atoms with van der Waals surface area (Å²) in [7, 11) is 0. The molecule has 0 radical (unpaired) electrons. The van der Waals surface area contributed by atoms with Crippen molar-refractivity contribution in [1.29, 1.82) is 0 Å². The van der Waals surface area contributed by atoms with Gasteiger partial charge in [0.2, 0.25) is 0 Å². The smallest absolute Gasteiger partial charge is 0.311 e. The summed E-state index contributed by atoms with van der Waals surface area (Å²) in [6.45, 7) is 7.26. The number of aliphatic hydroxyl groups excluding tert-OH is 1. The molecule has 4 nitrogen and oxygen atoms in total. The van der Waals surface area contributed by atoms with Crippen LogP contribution in [0.3, 0.4) is 0 Å². The second kappa shape index (κ2) is 7.90. The molecule has 0 amide bonds. The Morgan fingerprint density at radius 1 is 1.25 bits per heavy atom. The molecule has 1 rings (SSSR count). The standard InChI is InChI=1S/C16H25NO3/c1-4-16(2,3)15(19)20-13-11-17(10-12-18)14-8-6-5-7-9-14/h5-9,18H,4,10-13H2,1-3H3. The van der Waals surface area contributed by atoms with Gasteiger partial charge in [0.15, 0.2) is 0 Å². The van der Waals surface area contributed by atoms with Gasteiger partial charge in [-0.3, -0.25) is 4.79 Å². The Kier molecular flexibility index (Phi) is 6.52. The van der Waals surface area contributed by atoms with Crippen LogP contribution in [0, 0.1) is 5.41 Å². The van der Waals surface area contributed by atoms with Gasteiger partial charge in [-0.2, -0.15) is 0 Å². The van der Waals surface area contributed by atoms with Crippen LogP contribution in [0.25, 0.3) is 0 Å². The third-order valence-electron chi connectivity index (χ3n) is 3.52. The molecule has 0 heterocycles. The van der Waals surface area contributed by atoms with Crippen LogP contribution in [0.15, 0.2) is 30.3 Å². The Labute approximate surface area is 121 Å². The van der Waals surface area contributed by atoms with Gasteiger partial charge in [-0.15, -0.1) is 0 Å². The lowest BCUT2D eigenvalue weighted by Gasteiger charge is -2.25. The van der Waals surface area contributed by atoms with Crippen molar-refractivity contribution < 1.29 is 14.6 Å². The van der Waals surface area contributed by atoms with Gasteiger partial charge in [-0.25, -0.2) is 0 Å². The maximum Gasteiger partial charge on any atom is 0.311 e. The highest BCUT2D eigenvalue weighted by Crippen LogP contribution is 2.21. The molecule has 0 aliphatic carbocycles. The van der Waals surface area contributed by atoms with E-state index in [1.807, 2.05) is 56.0 Å². The molecule has 1 aromatic carbocycles. The van der Waals surface area contributed by atoms with E-state index in [1.165, 1.54) is 0 Å². The van der Waals surface area contributed by atoms with Crippen LogP contribution in [0.4, 0.5) is 5.69 Å². The first-order chi connectivity index (χ1) is 9.51. The van der Waals surface area contributed by atoms with Crippen molar-refractivity contribution in [2.75, 3.05) is 31.2 Å².